The maximum absolute atomic E-state index is 12.8. The number of nitrogens with one attached hydrogen (secondary N) is 2. The highest BCUT2D eigenvalue weighted by molar-refractivity contribution is 7.59. The first-order valence-corrected chi connectivity index (χ1v) is 11.5. The van der Waals surface area contributed by atoms with Crippen LogP contribution in [-0.4, -0.2) is 56.3 Å². The molecule has 4 N–H and O–H groups in total. The summed E-state index contributed by atoms with van der Waals surface area (Å²) in [5.41, 5.74) is 7.31. The molecule has 1 heterocycles. The van der Waals surface area contributed by atoms with Gasteiger partial charge in [-0.15, -0.1) is 0 Å². The lowest BCUT2D eigenvalue weighted by Gasteiger charge is -2.30. The number of halogens is 1. The number of benzene rings is 1. The fourth-order valence-corrected chi connectivity index (χ4v) is 5.09. The van der Waals surface area contributed by atoms with Gasteiger partial charge in [0.15, 0.2) is 0 Å². The Kier molecular flexibility index (Phi) is 8.63. The number of hydrogen-bond donors (Lipinski definition) is 3. The van der Waals surface area contributed by atoms with Crippen molar-refractivity contribution < 1.29 is 18.5 Å². The fourth-order valence-electron chi connectivity index (χ4n) is 3.11. The number of rotatable bonds is 11. The molecule has 0 unspecified atom stereocenters. The third-order valence-corrected chi connectivity index (χ3v) is 7.08. The van der Waals surface area contributed by atoms with Gasteiger partial charge in [0.2, 0.25) is 7.44 Å². The van der Waals surface area contributed by atoms with Crippen LogP contribution < -0.4 is 20.6 Å². The van der Waals surface area contributed by atoms with Crippen molar-refractivity contribution in [2.45, 2.75) is 20.3 Å². The van der Waals surface area contributed by atoms with E-state index in [9.17, 15) is 13.8 Å². The molecule has 1 aromatic carbocycles. The molecule has 156 valence electrons. The monoisotopic (exact) mass is 412 g/mol. The molecule has 0 bridgehead atoms. The van der Waals surface area contributed by atoms with Gasteiger partial charge in [0, 0.05) is 36.9 Å². The Hall–Kier alpha value is -1.73. The minimum atomic E-state index is -2.69. The average molecular weight is 412 g/mol. The average Bonchev–Trinajstić information content (AvgIpc) is 2.68. The SMILES string of the molecule is CCNP(=O)(CCN1CCc2cc(OC/C(=C/F)CN)ccc2C1=O)NCC. The van der Waals surface area contributed by atoms with Crippen LogP contribution >= 0.6 is 7.44 Å². The fraction of sp³-hybridized carbons (Fsp3) is 0.526. The number of ether oxygens (including phenoxy) is 1. The summed E-state index contributed by atoms with van der Waals surface area (Å²) in [6.07, 6.45) is 1.53. The van der Waals surface area contributed by atoms with Gasteiger partial charge in [-0.05, 0) is 43.3 Å². The maximum Gasteiger partial charge on any atom is 0.254 e. The van der Waals surface area contributed by atoms with Crippen molar-refractivity contribution in [3.63, 3.8) is 0 Å². The van der Waals surface area contributed by atoms with Gasteiger partial charge in [0.1, 0.15) is 12.4 Å². The van der Waals surface area contributed by atoms with Crippen LogP contribution in [0.1, 0.15) is 29.8 Å². The Morgan fingerprint density at radius 2 is 2.07 bits per heavy atom. The number of fused-ring (bicyclic) bond motifs is 1. The first kappa shape index (κ1) is 22.6. The lowest BCUT2D eigenvalue weighted by Crippen LogP contribution is -2.40. The van der Waals surface area contributed by atoms with Crippen LogP contribution in [0.5, 0.6) is 5.75 Å². The normalized spacial score (nSPS) is 14.9. The van der Waals surface area contributed by atoms with Crippen LogP contribution in [-0.2, 0) is 11.0 Å². The molecule has 0 saturated heterocycles. The molecule has 0 fully saturated rings. The molecule has 0 radical (unpaired) electrons. The predicted molar refractivity (Wildman–Crippen MR) is 110 cm³/mol. The second-order valence-electron chi connectivity index (χ2n) is 6.61. The van der Waals surface area contributed by atoms with E-state index in [1.54, 1.807) is 17.0 Å². The summed E-state index contributed by atoms with van der Waals surface area (Å²) in [6, 6.07) is 5.25. The zero-order chi connectivity index (χ0) is 20.6. The molecule has 0 aliphatic carbocycles. The molecule has 28 heavy (non-hydrogen) atoms. The highest BCUT2D eigenvalue weighted by Crippen LogP contribution is 2.35. The van der Waals surface area contributed by atoms with Crippen LogP contribution in [0.2, 0.25) is 0 Å². The van der Waals surface area contributed by atoms with Gasteiger partial charge < -0.3 is 15.4 Å². The summed E-state index contributed by atoms with van der Waals surface area (Å²) >= 11 is 0. The van der Waals surface area contributed by atoms with Crippen molar-refractivity contribution in [3.05, 3.63) is 41.2 Å². The van der Waals surface area contributed by atoms with Crippen molar-refractivity contribution in [3.8, 4) is 5.75 Å². The van der Waals surface area contributed by atoms with Crippen LogP contribution in [0.3, 0.4) is 0 Å². The van der Waals surface area contributed by atoms with E-state index >= 15 is 0 Å². The maximum atomic E-state index is 12.8. The standard InChI is InChI=1S/C19H30FN4O3P/c1-3-22-28(26,23-4-2)10-9-24-8-7-16-11-17(5-6-18(16)19(24)25)27-14-15(12-20)13-21/h5-6,11-12H,3-4,7-10,13-14,21H2,1-2H3,(H2,22,23,26)/b15-12+. The van der Waals surface area contributed by atoms with E-state index in [0.717, 1.165) is 5.56 Å². The summed E-state index contributed by atoms with van der Waals surface area (Å²) in [5, 5.41) is 6.05. The molecule has 0 atom stereocenters. The van der Waals surface area contributed by atoms with Gasteiger partial charge in [-0.25, -0.2) is 4.39 Å². The number of carbonyl (C=O) groups is 1. The summed E-state index contributed by atoms with van der Waals surface area (Å²) < 4.78 is 31.0. The van der Waals surface area contributed by atoms with E-state index in [1.807, 2.05) is 19.9 Å². The molecule has 2 rings (SSSR count). The highest BCUT2D eigenvalue weighted by Gasteiger charge is 2.27. The third-order valence-electron chi connectivity index (χ3n) is 4.60. The second-order valence-corrected chi connectivity index (χ2v) is 9.17. The summed E-state index contributed by atoms with van der Waals surface area (Å²) in [5.74, 6) is 0.509. The number of nitrogens with two attached hydrogens (primary N) is 1. The highest BCUT2D eigenvalue weighted by atomic mass is 31.2. The molecule has 0 saturated carbocycles. The van der Waals surface area contributed by atoms with Crippen LogP contribution in [0.25, 0.3) is 0 Å². The van der Waals surface area contributed by atoms with E-state index in [4.69, 9.17) is 10.5 Å². The van der Waals surface area contributed by atoms with E-state index in [-0.39, 0.29) is 19.1 Å². The first-order valence-electron chi connectivity index (χ1n) is 9.58. The molecule has 1 amide bonds. The van der Waals surface area contributed by atoms with Crippen molar-refractivity contribution in [2.75, 3.05) is 45.5 Å². The summed E-state index contributed by atoms with van der Waals surface area (Å²) in [6.45, 7) is 6.19. The molecular formula is C19H30FN4O3P. The van der Waals surface area contributed by atoms with Gasteiger partial charge in [0.25, 0.3) is 5.91 Å². The Labute approximate surface area is 166 Å². The lowest BCUT2D eigenvalue weighted by molar-refractivity contribution is 0.0750. The Bertz CT molecular complexity index is 747. The van der Waals surface area contributed by atoms with Crippen LogP contribution in [0.4, 0.5) is 4.39 Å². The number of hydrogen-bond acceptors (Lipinski definition) is 4. The lowest BCUT2D eigenvalue weighted by atomic mass is 9.99. The number of carbonyl (C=O) groups excluding carboxylic acids is 1. The van der Waals surface area contributed by atoms with E-state index in [2.05, 4.69) is 10.2 Å². The molecule has 0 spiro atoms. The number of amides is 1. The minimum Gasteiger partial charge on any atom is -0.489 e. The van der Waals surface area contributed by atoms with Gasteiger partial charge in [-0.2, -0.15) is 0 Å². The van der Waals surface area contributed by atoms with Gasteiger partial charge in [-0.1, -0.05) is 13.8 Å². The minimum absolute atomic E-state index is 0.0707. The number of nitrogens with zero attached hydrogens (tertiary/aromatic N) is 1. The van der Waals surface area contributed by atoms with Gasteiger partial charge >= 0.3 is 0 Å². The van der Waals surface area contributed by atoms with Crippen molar-refractivity contribution in [1.29, 1.82) is 0 Å². The molecule has 1 aromatic rings. The topological polar surface area (TPSA) is 96.7 Å². The van der Waals surface area contributed by atoms with E-state index < -0.39 is 7.44 Å². The molecule has 1 aliphatic heterocycles. The third kappa shape index (κ3) is 5.88. The van der Waals surface area contributed by atoms with Crippen molar-refractivity contribution in [2.24, 2.45) is 5.73 Å². The van der Waals surface area contributed by atoms with Crippen LogP contribution in [0, 0.1) is 0 Å². The molecule has 1 aliphatic rings. The molecule has 0 aromatic heterocycles. The zero-order valence-electron chi connectivity index (χ0n) is 16.5. The zero-order valence-corrected chi connectivity index (χ0v) is 17.4. The van der Waals surface area contributed by atoms with Crippen molar-refractivity contribution in [1.82, 2.24) is 15.1 Å². The van der Waals surface area contributed by atoms with Gasteiger partial charge in [0.05, 0.1) is 6.33 Å². The molecule has 7 nitrogen and oxygen atoms in total. The van der Waals surface area contributed by atoms with E-state index in [1.165, 1.54) is 0 Å². The molecule has 9 heteroatoms. The Balaban J connectivity index is 2.01. The predicted octanol–water partition coefficient (Wildman–Crippen LogP) is 2.29. The first-order chi connectivity index (χ1) is 13.5. The quantitative estimate of drug-likeness (QED) is 0.483. The summed E-state index contributed by atoms with van der Waals surface area (Å²) in [7, 11) is -2.69. The second kappa shape index (κ2) is 10.7. The van der Waals surface area contributed by atoms with Crippen molar-refractivity contribution >= 4 is 13.4 Å². The Morgan fingerprint density at radius 3 is 2.68 bits per heavy atom. The smallest absolute Gasteiger partial charge is 0.254 e. The Morgan fingerprint density at radius 1 is 1.36 bits per heavy atom. The van der Waals surface area contributed by atoms with E-state index in [0.29, 0.717) is 62.0 Å². The summed E-state index contributed by atoms with van der Waals surface area (Å²) in [4.78, 5) is 14.5. The van der Waals surface area contributed by atoms with Crippen LogP contribution in [0.15, 0.2) is 30.1 Å². The molecular weight excluding hydrogens is 382 g/mol. The largest absolute Gasteiger partial charge is 0.489 e. The van der Waals surface area contributed by atoms with Gasteiger partial charge in [-0.3, -0.25) is 19.5 Å².